The van der Waals surface area contributed by atoms with Crippen LogP contribution in [0.2, 0.25) is 5.02 Å². The van der Waals surface area contributed by atoms with Gasteiger partial charge < -0.3 is 0 Å². The van der Waals surface area contributed by atoms with Crippen LogP contribution < -0.4 is 10.9 Å². The number of benzene rings is 1. The molecule has 0 fully saturated rings. The van der Waals surface area contributed by atoms with E-state index in [1.165, 1.54) is 0 Å². The van der Waals surface area contributed by atoms with Crippen LogP contribution in [0, 0.1) is 6.92 Å². The van der Waals surface area contributed by atoms with Gasteiger partial charge in [0.25, 0.3) is 5.91 Å². The first-order valence-electron chi connectivity index (χ1n) is 5.34. The van der Waals surface area contributed by atoms with Gasteiger partial charge in [0.05, 0.1) is 5.69 Å². The van der Waals surface area contributed by atoms with E-state index in [2.05, 4.69) is 15.8 Å². The zero-order valence-corrected chi connectivity index (χ0v) is 10.5. The van der Waals surface area contributed by atoms with E-state index in [4.69, 9.17) is 11.6 Å². The Labute approximate surface area is 110 Å². The van der Waals surface area contributed by atoms with Crippen LogP contribution in [0.1, 0.15) is 15.9 Å². The van der Waals surface area contributed by atoms with E-state index >= 15 is 0 Å². The van der Waals surface area contributed by atoms with E-state index in [1.807, 2.05) is 6.92 Å². The summed E-state index contributed by atoms with van der Waals surface area (Å²) in [5, 5.41) is 0.636. The Morgan fingerprint density at radius 1 is 1.28 bits per heavy atom. The number of rotatable bonds is 3. The second kappa shape index (κ2) is 5.51. The van der Waals surface area contributed by atoms with Gasteiger partial charge in [0.15, 0.2) is 0 Å². The lowest BCUT2D eigenvalue weighted by atomic mass is 10.1. The first-order valence-corrected chi connectivity index (χ1v) is 5.72. The Morgan fingerprint density at radius 3 is 2.67 bits per heavy atom. The molecule has 0 aliphatic heterocycles. The first-order chi connectivity index (χ1) is 8.66. The van der Waals surface area contributed by atoms with Crippen LogP contribution in [0.15, 0.2) is 42.7 Å². The smallest absolute Gasteiger partial charge is 0.275 e. The Kier molecular flexibility index (Phi) is 3.79. The lowest BCUT2D eigenvalue weighted by molar-refractivity contribution is 0.0958. The predicted octanol–water partition coefficient (Wildman–Crippen LogP) is 2.82. The van der Waals surface area contributed by atoms with E-state index in [-0.39, 0.29) is 5.91 Å². The molecular formula is C13H11ClN3O. The fourth-order valence-electron chi connectivity index (χ4n) is 1.41. The molecule has 0 bridgehead atoms. The molecule has 5 heteroatoms. The quantitative estimate of drug-likeness (QED) is 0.864. The van der Waals surface area contributed by atoms with E-state index in [0.717, 1.165) is 5.56 Å². The molecule has 1 aromatic carbocycles. The van der Waals surface area contributed by atoms with Crippen molar-refractivity contribution in [3.05, 3.63) is 58.9 Å². The molecule has 18 heavy (non-hydrogen) atoms. The number of aryl methyl sites for hydroxylation is 1. The standard InChI is InChI=1S/C13H11ClN3O/c1-9-8-15-7-6-12(9)13(18)17-16-11-4-2-10(14)3-5-11/h2-8,16H,1H3. The summed E-state index contributed by atoms with van der Waals surface area (Å²) in [7, 11) is 0. The summed E-state index contributed by atoms with van der Waals surface area (Å²) in [5.41, 5.74) is 8.53. The number of carbonyl (C=O) groups is 1. The number of amides is 1. The maximum absolute atomic E-state index is 11.8. The van der Waals surface area contributed by atoms with Crippen molar-refractivity contribution in [3.63, 3.8) is 0 Å². The lowest BCUT2D eigenvalue weighted by Gasteiger charge is -2.06. The van der Waals surface area contributed by atoms with Crippen LogP contribution >= 0.6 is 11.6 Å². The molecule has 0 atom stereocenters. The second-order valence-corrected chi connectivity index (χ2v) is 4.16. The molecule has 1 heterocycles. The number of hydrogen-bond acceptors (Lipinski definition) is 3. The number of halogens is 1. The van der Waals surface area contributed by atoms with E-state index in [0.29, 0.717) is 16.3 Å². The SMILES string of the molecule is Cc1cnccc1C(=O)[N]Nc1ccc(Cl)cc1. The molecule has 1 radical (unpaired) electrons. The number of nitrogens with one attached hydrogen (secondary N) is 1. The zero-order valence-electron chi connectivity index (χ0n) is 9.72. The first kappa shape index (κ1) is 12.4. The summed E-state index contributed by atoms with van der Waals surface area (Å²) >= 11 is 5.76. The van der Waals surface area contributed by atoms with Crippen LogP contribution in [0.4, 0.5) is 5.69 Å². The monoisotopic (exact) mass is 260 g/mol. The lowest BCUT2D eigenvalue weighted by Crippen LogP contribution is -2.22. The molecule has 1 N–H and O–H groups in total. The number of carbonyl (C=O) groups excluding carboxylic acids is 1. The number of hydrogen-bond donors (Lipinski definition) is 1. The molecule has 0 aliphatic rings. The summed E-state index contributed by atoms with van der Waals surface area (Å²) in [4.78, 5) is 15.7. The van der Waals surface area contributed by atoms with Crippen molar-refractivity contribution in [2.24, 2.45) is 0 Å². The molecule has 0 spiro atoms. The van der Waals surface area contributed by atoms with Gasteiger partial charge in [0.1, 0.15) is 0 Å². The van der Waals surface area contributed by atoms with Gasteiger partial charge >= 0.3 is 0 Å². The zero-order chi connectivity index (χ0) is 13.0. The Bertz CT molecular complexity index is 554. The Hall–Kier alpha value is -2.07. The van der Waals surface area contributed by atoms with E-state index in [9.17, 15) is 4.79 Å². The van der Waals surface area contributed by atoms with Crippen molar-refractivity contribution in [2.75, 3.05) is 5.43 Å². The molecule has 0 saturated carbocycles. The fraction of sp³-hybridized carbons (Fsp3) is 0.0769. The Morgan fingerprint density at radius 2 is 2.00 bits per heavy atom. The van der Waals surface area contributed by atoms with Crippen molar-refractivity contribution in [2.45, 2.75) is 6.92 Å². The minimum atomic E-state index is -0.329. The summed E-state index contributed by atoms with van der Waals surface area (Å²) in [6.45, 7) is 1.82. The number of anilines is 1. The average Bonchev–Trinajstić information content (AvgIpc) is 2.38. The molecule has 2 aromatic rings. The fourth-order valence-corrected chi connectivity index (χ4v) is 1.54. The highest BCUT2D eigenvalue weighted by molar-refractivity contribution is 6.30. The normalized spacial score (nSPS) is 9.89. The van der Waals surface area contributed by atoms with Gasteiger partial charge in [-0.3, -0.25) is 15.2 Å². The third-order valence-electron chi connectivity index (χ3n) is 2.38. The van der Waals surface area contributed by atoms with Crippen molar-refractivity contribution in [1.82, 2.24) is 10.4 Å². The average molecular weight is 261 g/mol. The molecule has 0 aliphatic carbocycles. The van der Waals surface area contributed by atoms with Gasteiger partial charge in [-0.05, 0) is 42.8 Å². The third kappa shape index (κ3) is 2.99. The molecule has 0 saturated heterocycles. The van der Waals surface area contributed by atoms with Gasteiger partial charge in [0, 0.05) is 23.0 Å². The van der Waals surface area contributed by atoms with Crippen molar-refractivity contribution in [1.29, 1.82) is 0 Å². The minimum Gasteiger partial charge on any atom is -0.275 e. The van der Waals surface area contributed by atoms with Gasteiger partial charge in [-0.2, -0.15) is 0 Å². The third-order valence-corrected chi connectivity index (χ3v) is 2.63. The molecule has 1 amide bonds. The number of aromatic nitrogens is 1. The molecular weight excluding hydrogens is 250 g/mol. The number of nitrogens with zero attached hydrogens (tertiary/aromatic N) is 2. The highest BCUT2D eigenvalue weighted by Gasteiger charge is 2.09. The molecule has 2 rings (SSSR count). The van der Waals surface area contributed by atoms with Crippen LogP contribution in [0.25, 0.3) is 0 Å². The van der Waals surface area contributed by atoms with E-state index < -0.39 is 0 Å². The van der Waals surface area contributed by atoms with Gasteiger partial charge in [-0.25, -0.2) is 0 Å². The highest BCUT2D eigenvalue weighted by atomic mass is 35.5. The molecule has 1 aromatic heterocycles. The predicted molar refractivity (Wildman–Crippen MR) is 70.5 cm³/mol. The topological polar surface area (TPSA) is 56.1 Å². The highest BCUT2D eigenvalue weighted by Crippen LogP contribution is 2.13. The van der Waals surface area contributed by atoms with Crippen molar-refractivity contribution in [3.8, 4) is 0 Å². The van der Waals surface area contributed by atoms with Gasteiger partial charge in [-0.1, -0.05) is 11.6 Å². The van der Waals surface area contributed by atoms with Crippen LogP contribution in [0.3, 0.4) is 0 Å². The Balaban J connectivity index is 2.01. The van der Waals surface area contributed by atoms with Crippen molar-refractivity contribution >= 4 is 23.2 Å². The molecule has 0 unspecified atom stereocenters. The summed E-state index contributed by atoms with van der Waals surface area (Å²) in [6, 6.07) is 8.59. The second-order valence-electron chi connectivity index (χ2n) is 3.73. The molecule has 4 nitrogen and oxygen atoms in total. The molecule has 91 valence electrons. The minimum absolute atomic E-state index is 0.329. The van der Waals surface area contributed by atoms with Crippen LogP contribution in [0.5, 0.6) is 0 Å². The van der Waals surface area contributed by atoms with Crippen LogP contribution in [-0.2, 0) is 0 Å². The maximum atomic E-state index is 11.8. The van der Waals surface area contributed by atoms with Gasteiger partial charge in [0.2, 0.25) is 0 Å². The largest absolute Gasteiger partial charge is 0.293 e. The van der Waals surface area contributed by atoms with Crippen molar-refractivity contribution < 1.29 is 4.79 Å². The maximum Gasteiger partial charge on any atom is 0.293 e. The van der Waals surface area contributed by atoms with E-state index in [1.54, 1.807) is 42.7 Å². The number of pyridine rings is 1. The summed E-state index contributed by atoms with van der Waals surface area (Å²) < 4.78 is 0. The summed E-state index contributed by atoms with van der Waals surface area (Å²) in [6.07, 6.45) is 3.20. The summed E-state index contributed by atoms with van der Waals surface area (Å²) in [5.74, 6) is -0.329. The van der Waals surface area contributed by atoms with Crippen LogP contribution in [-0.4, -0.2) is 10.9 Å². The van der Waals surface area contributed by atoms with Gasteiger partial charge in [-0.15, -0.1) is 5.43 Å².